The summed E-state index contributed by atoms with van der Waals surface area (Å²) in [7, 11) is 0. The number of nitrogens with zero attached hydrogens (tertiary/aromatic N) is 2. The number of amides is 1. The molecule has 1 atom stereocenters. The average molecular weight is 262 g/mol. The quantitative estimate of drug-likeness (QED) is 0.777. The molecule has 3 heteroatoms. The Morgan fingerprint density at radius 2 is 2.11 bits per heavy atom. The van der Waals surface area contributed by atoms with E-state index in [9.17, 15) is 4.79 Å². The fraction of sp³-hybridized carbons (Fsp3) is 0.688. The van der Waals surface area contributed by atoms with E-state index in [0.29, 0.717) is 6.54 Å². The van der Waals surface area contributed by atoms with Crippen LogP contribution in [0.2, 0.25) is 0 Å². The van der Waals surface area contributed by atoms with E-state index in [1.54, 1.807) is 0 Å². The van der Waals surface area contributed by atoms with Gasteiger partial charge in [-0.2, -0.15) is 0 Å². The zero-order valence-corrected chi connectivity index (χ0v) is 12.4. The van der Waals surface area contributed by atoms with E-state index >= 15 is 0 Å². The van der Waals surface area contributed by atoms with E-state index in [1.807, 2.05) is 0 Å². The minimum atomic E-state index is 0.235. The van der Waals surface area contributed by atoms with Gasteiger partial charge in [-0.3, -0.25) is 9.69 Å². The summed E-state index contributed by atoms with van der Waals surface area (Å²) in [5.74, 6) is 0.277. The Bertz CT molecular complexity index is 378. The topological polar surface area (TPSA) is 23.6 Å². The molecule has 1 amide bonds. The van der Waals surface area contributed by atoms with Crippen molar-refractivity contribution in [2.75, 3.05) is 19.6 Å². The molecule has 0 N–H and O–H groups in total. The van der Waals surface area contributed by atoms with Gasteiger partial charge < -0.3 is 4.90 Å². The molecule has 0 bridgehead atoms. The zero-order chi connectivity index (χ0) is 13.8. The molecule has 1 heterocycles. The first-order valence-corrected chi connectivity index (χ1v) is 7.46. The predicted molar refractivity (Wildman–Crippen MR) is 79.0 cm³/mol. The second-order valence-corrected chi connectivity index (χ2v) is 5.99. The summed E-state index contributed by atoms with van der Waals surface area (Å²) in [6.07, 6.45) is 9.96. The molecule has 1 unspecified atom stereocenters. The Balaban J connectivity index is 1.99. The van der Waals surface area contributed by atoms with Gasteiger partial charge in [0, 0.05) is 6.04 Å². The van der Waals surface area contributed by atoms with Gasteiger partial charge in [0.1, 0.15) is 0 Å². The van der Waals surface area contributed by atoms with Gasteiger partial charge in [-0.25, -0.2) is 0 Å². The molecule has 0 aromatic rings. The van der Waals surface area contributed by atoms with Crippen LogP contribution in [0.25, 0.3) is 0 Å². The highest BCUT2D eigenvalue weighted by atomic mass is 16.2. The maximum absolute atomic E-state index is 12.6. The average Bonchev–Trinajstić information content (AvgIpc) is 2.84. The lowest BCUT2D eigenvalue weighted by molar-refractivity contribution is -0.135. The molecule has 2 rings (SSSR count). The van der Waals surface area contributed by atoms with Gasteiger partial charge in [-0.1, -0.05) is 23.8 Å². The Hall–Kier alpha value is -1.09. The van der Waals surface area contributed by atoms with Crippen molar-refractivity contribution in [2.24, 2.45) is 0 Å². The molecule has 0 spiro atoms. The van der Waals surface area contributed by atoms with Crippen molar-refractivity contribution in [2.45, 2.75) is 52.1 Å². The Morgan fingerprint density at radius 1 is 1.42 bits per heavy atom. The van der Waals surface area contributed by atoms with Crippen molar-refractivity contribution in [1.29, 1.82) is 0 Å². The smallest absolute Gasteiger partial charge is 0.237 e. The number of allylic oxidation sites excluding steroid dienone is 2. The van der Waals surface area contributed by atoms with Crippen molar-refractivity contribution in [3.05, 3.63) is 23.8 Å². The first-order chi connectivity index (χ1) is 9.08. The highest BCUT2D eigenvalue weighted by molar-refractivity contribution is 5.79. The van der Waals surface area contributed by atoms with E-state index in [2.05, 4.69) is 48.8 Å². The normalized spacial score (nSPS) is 23.8. The molecule has 1 aliphatic heterocycles. The van der Waals surface area contributed by atoms with Crippen molar-refractivity contribution >= 4 is 5.91 Å². The predicted octanol–water partition coefficient (Wildman–Crippen LogP) is 2.59. The number of rotatable bonds is 4. The molecular formula is C16H26N2O. The fourth-order valence-electron chi connectivity index (χ4n) is 2.99. The van der Waals surface area contributed by atoms with Crippen molar-refractivity contribution in [1.82, 2.24) is 9.80 Å². The van der Waals surface area contributed by atoms with E-state index in [0.717, 1.165) is 19.5 Å². The lowest BCUT2D eigenvalue weighted by Gasteiger charge is -2.35. The first-order valence-electron chi connectivity index (χ1n) is 7.46. The minimum Gasteiger partial charge on any atom is -0.332 e. The number of likely N-dealkylation sites (tertiary alicyclic amines) is 1. The van der Waals surface area contributed by atoms with Gasteiger partial charge in [0.15, 0.2) is 0 Å². The maximum atomic E-state index is 12.6. The summed E-state index contributed by atoms with van der Waals surface area (Å²) < 4.78 is 0. The highest BCUT2D eigenvalue weighted by Gasteiger charge is 2.26. The summed E-state index contributed by atoms with van der Waals surface area (Å²) in [5.41, 5.74) is 1.30. The van der Waals surface area contributed by atoms with Crippen LogP contribution in [0.1, 0.15) is 40.0 Å². The molecule has 106 valence electrons. The summed E-state index contributed by atoms with van der Waals surface area (Å²) in [6, 6.07) is 0.496. The Labute approximate surface area is 117 Å². The number of carbonyl (C=O) groups is 1. The Morgan fingerprint density at radius 3 is 2.63 bits per heavy atom. The lowest BCUT2D eigenvalue weighted by Crippen LogP contribution is -2.48. The van der Waals surface area contributed by atoms with Gasteiger partial charge in [0.2, 0.25) is 5.91 Å². The fourth-order valence-corrected chi connectivity index (χ4v) is 2.99. The summed E-state index contributed by atoms with van der Waals surface area (Å²) in [5, 5.41) is 0. The van der Waals surface area contributed by atoms with Crippen LogP contribution in [0.5, 0.6) is 0 Å². The van der Waals surface area contributed by atoms with Crippen molar-refractivity contribution < 1.29 is 4.79 Å². The van der Waals surface area contributed by atoms with Crippen LogP contribution < -0.4 is 0 Å². The van der Waals surface area contributed by atoms with Gasteiger partial charge in [0.05, 0.1) is 12.6 Å². The molecule has 1 saturated heterocycles. The second kappa shape index (κ2) is 6.38. The second-order valence-electron chi connectivity index (χ2n) is 5.99. The monoisotopic (exact) mass is 262 g/mol. The first kappa shape index (κ1) is 14.3. The lowest BCUT2D eigenvalue weighted by atomic mass is 10.0. The number of hydrogen-bond acceptors (Lipinski definition) is 2. The number of carbonyl (C=O) groups excluding carboxylic acids is 1. The van der Waals surface area contributed by atoms with Gasteiger partial charge >= 0.3 is 0 Å². The Kier molecular flexibility index (Phi) is 4.81. The maximum Gasteiger partial charge on any atom is 0.237 e. The van der Waals surface area contributed by atoms with Crippen LogP contribution in [0.4, 0.5) is 0 Å². The molecule has 2 aliphatic rings. The molecule has 0 saturated carbocycles. The van der Waals surface area contributed by atoms with Crippen LogP contribution in [0.3, 0.4) is 0 Å². The highest BCUT2D eigenvalue weighted by Crippen LogP contribution is 2.19. The molecule has 0 aromatic heterocycles. The standard InChI is InChI=1S/C16H26N2O/c1-13(2)18(15-8-6-14(3)7-9-15)16(19)12-17-10-4-5-11-17/h6-8,13,15H,4-5,9-12H2,1-3H3. The van der Waals surface area contributed by atoms with Crippen LogP contribution in [-0.2, 0) is 4.79 Å². The zero-order valence-electron chi connectivity index (χ0n) is 12.4. The molecule has 3 nitrogen and oxygen atoms in total. The van der Waals surface area contributed by atoms with E-state index in [1.165, 1.54) is 18.4 Å². The van der Waals surface area contributed by atoms with E-state index in [4.69, 9.17) is 0 Å². The molecule has 0 radical (unpaired) electrons. The number of hydrogen-bond donors (Lipinski definition) is 0. The third kappa shape index (κ3) is 3.69. The molecule has 1 fully saturated rings. The molecule has 19 heavy (non-hydrogen) atoms. The van der Waals surface area contributed by atoms with Crippen LogP contribution in [0, 0.1) is 0 Å². The van der Waals surface area contributed by atoms with Crippen LogP contribution >= 0.6 is 0 Å². The summed E-state index contributed by atoms with van der Waals surface area (Å²) in [4.78, 5) is 16.9. The minimum absolute atomic E-state index is 0.235. The van der Waals surface area contributed by atoms with Crippen molar-refractivity contribution in [3.63, 3.8) is 0 Å². The van der Waals surface area contributed by atoms with E-state index in [-0.39, 0.29) is 18.0 Å². The van der Waals surface area contributed by atoms with Gasteiger partial charge in [0.25, 0.3) is 0 Å². The third-order valence-corrected chi connectivity index (χ3v) is 4.02. The van der Waals surface area contributed by atoms with Crippen LogP contribution in [-0.4, -0.2) is 47.4 Å². The molecular weight excluding hydrogens is 236 g/mol. The van der Waals surface area contributed by atoms with Crippen molar-refractivity contribution in [3.8, 4) is 0 Å². The molecule has 1 aliphatic carbocycles. The SMILES string of the molecule is CC1=CCC(N(C(=O)CN2CCCC2)C(C)C)C=C1. The summed E-state index contributed by atoms with van der Waals surface area (Å²) in [6.45, 7) is 9.08. The third-order valence-electron chi connectivity index (χ3n) is 4.02. The van der Waals surface area contributed by atoms with Gasteiger partial charge in [-0.05, 0) is 53.1 Å². The largest absolute Gasteiger partial charge is 0.332 e. The van der Waals surface area contributed by atoms with Gasteiger partial charge in [-0.15, -0.1) is 0 Å². The molecule has 0 aromatic carbocycles. The summed E-state index contributed by atoms with van der Waals surface area (Å²) >= 11 is 0. The van der Waals surface area contributed by atoms with Crippen LogP contribution in [0.15, 0.2) is 23.8 Å². The van der Waals surface area contributed by atoms with E-state index < -0.39 is 0 Å².